The number of aromatic amines is 1. The van der Waals surface area contributed by atoms with E-state index in [0.717, 1.165) is 19.3 Å². The molecular weight excluding hydrogens is 254 g/mol. The first kappa shape index (κ1) is 13.1. The summed E-state index contributed by atoms with van der Waals surface area (Å²) in [7, 11) is 0. The number of hydrogen-bond acceptors (Lipinski definition) is 4. The average Bonchev–Trinajstić information content (AvgIpc) is 2.85. The number of nitrogens with zero attached hydrogens (tertiary/aromatic N) is 2. The fraction of sp³-hybridized carbons (Fsp3) is 0.533. The van der Waals surface area contributed by atoms with Crippen molar-refractivity contribution in [3.05, 3.63) is 24.2 Å². The van der Waals surface area contributed by atoms with Gasteiger partial charge in [0, 0.05) is 24.0 Å². The summed E-state index contributed by atoms with van der Waals surface area (Å²) in [5, 5.41) is 0. The van der Waals surface area contributed by atoms with Gasteiger partial charge in [0.15, 0.2) is 5.65 Å². The molecule has 1 N–H and O–H groups in total. The monoisotopic (exact) mass is 273 g/mol. The van der Waals surface area contributed by atoms with E-state index in [1.54, 1.807) is 18.6 Å². The maximum atomic E-state index is 12.4. The molecule has 2 aromatic rings. The lowest BCUT2D eigenvalue weighted by Crippen LogP contribution is -2.36. The van der Waals surface area contributed by atoms with E-state index in [1.807, 2.05) is 0 Å². The van der Waals surface area contributed by atoms with Crippen LogP contribution in [0.1, 0.15) is 49.9 Å². The maximum Gasteiger partial charge on any atom is 0.342 e. The first-order valence-corrected chi connectivity index (χ1v) is 7.07. The minimum Gasteiger partial charge on any atom is -0.458 e. The van der Waals surface area contributed by atoms with Crippen LogP contribution >= 0.6 is 0 Å². The predicted molar refractivity (Wildman–Crippen MR) is 75.3 cm³/mol. The van der Waals surface area contributed by atoms with Crippen LogP contribution < -0.4 is 0 Å². The fourth-order valence-electron chi connectivity index (χ4n) is 2.88. The Morgan fingerprint density at radius 3 is 2.95 bits per heavy atom. The molecule has 2 heterocycles. The molecule has 1 unspecified atom stereocenters. The van der Waals surface area contributed by atoms with Gasteiger partial charge < -0.3 is 9.72 Å². The summed E-state index contributed by atoms with van der Waals surface area (Å²) >= 11 is 0. The lowest BCUT2D eigenvalue weighted by molar-refractivity contribution is -0.0262. The van der Waals surface area contributed by atoms with Crippen LogP contribution in [0.15, 0.2) is 18.6 Å². The number of ether oxygens (including phenoxy) is 1. The van der Waals surface area contributed by atoms with Crippen LogP contribution in [0.3, 0.4) is 0 Å². The van der Waals surface area contributed by atoms with Crippen molar-refractivity contribution in [3.8, 4) is 0 Å². The van der Waals surface area contributed by atoms with Crippen molar-refractivity contribution in [1.82, 2.24) is 15.0 Å². The van der Waals surface area contributed by atoms with Crippen molar-refractivity contribution < 1.29 is 9.53 Å². The smallest absolute Gasteiger partial charge is 0.342 e. The quantitative estimate of drug-likeness (QED) is 0.854. The number of fused-ring (bicyclic) bond motifs is 1. The number of nitrogens with one attached hydrogen (secondary N) is 1. The zero-order chi connectivity index (χ0) is 14.2. The Morgan fingerprint density at radius 1 is 1.35 bits per heavy atom. The van der Waals surface area contributed by atoms with Crippen molar-refractivity contribution >= 4 is 17.1 Å². The van der Waals surface area contributed by atoms with Crippen LogP contribution in [0.2, 0.25) is 0 Å². The summed E-state index contributed by atoms with van der Waals surface area (Å²) in [5.41, 5.74) is 1.70. The normalized spacial score (nSPS) is 21.8. The van der Waals surface area contributed by atoms with Crippen LogP contribution in [0.5, 0.6) is 0 Å². The second kappa shape index (κ2) is 4.89. The molecule has 106 valence electrons. The lowest BCUT2D eigenvalue weighted by Gasteiger charge is -2.37. The zero-order valence-corrected chi connectivity index (χ0v) is 11.8. The van der Waals surface area contributed by atoms with Gasteiger partial charge in [0.05, 0.1) is 0 Å². The first-order valence-electron chi connectivity index (χ1n) is 7.07. The highest BCUT2D eigenvalue weighted by Gasteiger charge is 2.35. The van der Waals surface area contributed by atoms with E-state index in [-0.39, 0.29) is 17.5 Å². The molecule has 5 heteroatoms. The van der Waals surface area contributed by atoms with Gasteiger partial charge in [0.25, 0.3) is 0 Å². The van der Waals surface area contributed by atoms with Crippen LogP contribution in [0.4, 0.5) is 0 Å². The Balaban J connectivity index is 1.82. The minimum absolute atomic E-state index is 0.0228. The van der Waals surface area contributed by atoms with Crippen molar-refractivity contribution in [2.45, 2.75) is 45.6 Å². The second-order valence-corrected chi connectivity index (χ2v) is 6.08. The van der Waals surface area contributed by atoms with Gasteiger partial charge in [-0.1, -0.05) is 20.3 Å². The molecule has 0 aliphatic heterocycles. The summed E-state index contributed by atoms with van der Waals surface area (Å²) in [5.74, 6) is -0.309. The molecule has 3 rings (SSSR count). The molecule has 0 aromatic carbocycles. The average molecular weight is 273 g/mol. The van der Waals surface area contributed by atoms with E-state index < -0.39 is 0 Å². The summed E-state index contributed by atoms with van der Waals surface area (Å²) in [6, 6.07) is 0. The van der Waals surface area contributed by atoms with Gasteiger partial charge in [-0.05, 0) is 19.3 Å². The largest absolute Gasteiger partial charge is 0.458 e. The Hall–Kier alpha value is -1.91. The molecule has 1 fully saturated rings. The summed E-state index contributed by atoms with van der Waals surface area (Å²) in [4.78, 5) is 23.6. The van der Waals surface area contributed by atoms with E-state index in [2.05, 4.69) is 28.8 Å². The van der Waals surface area contributed by atoms with Gasteiger partial charge in [0.2, 0.25) is 0 Å². The van der Waals surface area contributed by atoms with Crippen LogP contribution in [0, 0.1) is 5.41 Å². The molecule has 1 saturated carbocycles. The standard InChI is InChI=1S/C15H19N3O2/c1-15(2)6-4-3-5-11(15)20-14(19)10-9-18-13-12(10)16-7-8-17-13/h7-9,11H,3-6H2,1-2H3,(H,17,18). The van der Waals surface area contributed by atoms with E-state index in [9.17, 15) is 4.79 Å². The molecule has 0 saturated heterocycles. The topological polar surface area (TPSA) is 67.9 Å². The van der Waals surface area contributed by atoms with Gasteiger partial charge in [-0.3, -0.25) is 4.98 Å². The third kappa shape index (κ3) is 2.28. The van der Waals surface area contributed by atoms with Crippen LogP contribution in [-0.4, -0.2) is 27.0 Å². The molecule has 2 aromatic heterocycles. The summed E-state index contributed by atoms with van der Waals surface area (Å²) in [6.45, 7) is 4.33. The van der Waals surface area contributed by atoms with Gasteiger partial charge in [-0.2, -0.15) is 0 Å². The van der Waals surface area contributed by atoms with Gasteiger partial charge in [-0.25, -0.2) is 9.78 Å². The number of esters is 1. The Kier molecular flexibility index (Phi) is 3.20. The number of carbonyl (C=O) groups is 1. The summed E-state index contributed by atoms with van der Waals surface area (Å²) in [6.07, 6.45) is 9.14. The van der Waals surface area contributed by atoms with Gasteiger partial charge >= 0.3 is 5.97 Å². The molecule has 0 spiro atoms. The first-order chi connectivity index (χ1) is 9.58. The third-order valence-corrected chi connectivity index (χ3v) is 4.18. The van der Waals surface area contributed by atoms with Crippen molar-refractivity contribution in [1.29, 1.82) is 0 Å². The van der Waals surface area contributed by atoms with Crippen LogP contribution in [0.25, 0.3) is 11.2 Å². The van der Waals surface area contributed by atoms with E-state index in [4.69, 9.17) is 4.74 Å². The van der Waals surface area contributed by atoms with Gasteiger partial charge in [0.1, 0.15) is 17.2 Å². The minimum atomic E-state index is -0.309. The highest BCUT2D eigenvalue weighted by atomic mass is 16.5. The lowest BCUT2D eigenvalue weighted by atomic mass is 9.75. The number of rotatable bonds is 2. The fourth-order valence-corrected chi connectivity index (χ4v) is 2.88. The Bertz CT molecular complexity index is 633. The molecule has 0 bridgehead atoms. The molecule has 1 atom stereocenters. The highest BCUT2D eigenvalue weighted by Crippen LogP contribution is 2.38. The number of H-pyrrole nitrogens is 1. The van der Waals surface area contributed by atoms with E-state index in [1.165, 1.54) is 6.42 Å². The van der Waals surface area contributed by atoms with Crippen molar-refractivity contribution in [2.75, 3.05) is 0 Å². The molecule has 20 heavy (non-hydrogen) atoms. The second-order valence-electron chi connectivity index (χ2n) is 6.08. The summed E-state index contributed by atoms with van der Waals surface area (Å²) < 4.78 is 5.73. The Morgan fingerprint density at radius 2 is 2.15 bits per heavy atom. The number of hydrogen-bond donors (Lipinski definition) is 1. The van der Waals surface area contributed by atoms with Gasteiger partial charge in [-0.15, -0.1) is 0 Å². The SMILES string of the molecule is CC1(C)CCCCC1OC(=O)c1c[nH]c2nccnc12. The Labute approximate surface area is 117 Å². The molecule has 1 aliphatic rings. The highest BCUT2D eigenvalue weighted by molar-refractivity contribution is 6.01. The van der Waals surface area contributed by atoms with Crippen LogP contribution in [-0.2, 0) is 4.74 Å². The zero-order valence-electron chi connectivity index (χ0n) is 11.8. The number of carbonyl (C=O) groups excluding carboxylic acids is 1. The molecule has 0 amide bonds. The molecule has 5 nitrogen and oxygen atoms in total. The molecule has 1 aliphatic carbocycles. The molecular formula is C15H19N3O2. The van der Waals surface area contributed by atoms with Crippen molar-refractivity contribution in [3.63, 3.8) is 0 Å². The predicted octanol–water partition coefficient (Wildman–Crippen LogP) is 3.08. The maximum absolute atomic E-state index is 12.4. The van der Waals surface area contributed by atoms with E-state index in [0.29, 0.717) is 16.7 Å². The third-order valence-electron chi connectivity index (χ3n) is 4.18. The molecule has 0 radical (unpaired) electrons. The van der Waals surface area contributed by atoms with Crippen molar-refractivity contribution in [2.24, 2.45) is 5.41 Å². The number of aromatic nitrogens is 3. The van der Waals surface area contributed by atoms with E-state index >= 15 is 0 Å².